The first kappa shape index (κ1) is 16.5. The minimum atomic E-state index is -0.255. The fourth-order valence-corrected chi connectivity index (χ4v) is 2.37. The van der Waals surface area contributed by atoms with Gasteiger partial charge in [0.15, 0.2) is 5.82 Å². The molecule has 1 unspecified atom stereocenters. The Hall–Kier alpha value is -1.88. The molecule has 5 heteroatoms. The molecule has 0 spiro atoms. The van der Waals surface area contributed by atoms with Crippen molar-refractivity contribution in [3.05, 3.63) is 41.7 Å². The van der Waals surface area contributed by atoms with Crippen LogP contribution in [0, 0.1) is 5.41 Å². The van der Waals surface area contributed by atoms with Gasteiger partial charge >= 0.3 is 6.01 Å². The number of aliphatic hydroxyl groups is 1. The fourth-order valence-electron chi connectivity index (χ4n) is 2.37. The molecule has 1 aromatic heterocycles. The molecule has 0 amide bonds. The van der Waals surface area contributed by atoms with Gasteiger partial charge in [-0.05, 0) is 11.0 Å². The highest BCUT2D eigenvalue weighted by Crippen LogP contribution is 2.35. The summed E-state index contributed by atoms with van der Waals surface area (Å²) in [5.41, 5.74) is 0.924. The van der Waals surface area contributed by atoms with Crippen LogP contribution in [0.1, 0.15) is 50.9 Å². The van der Waals surface area contributed by atoms with Gasteiger partial charge in [0, 0.05) is 25.0 Å². The summed E-state index contributed by atoms with van der Waals surface area (Å²) in [4.78, 5) is 4.33. The maximum atomic E-state index is 9.72. The first-order valence-electron chi connectivity index (χ1n) is 7.67. The lowest BCUT2D eigenvalue weighted by molar-refractivity contribution is 0.134. The van der Waals surface area contributed by atoms with Crippen molar-refractivity contribution in [2.24, 2.45) is 5.41 Å². The molecule has 1 aromatic carbocycles. The summed E-state index contributed by atoms with van der Waals surface area (Å²) >= 11 is 0. The van der Waals surface area contributed by atoms with Gasteiger partial charge in [0.05, 0.1) is 0 Å². The lowest BCUT2D eigenvalue weighted by Crippen LogP contribution is -2.31. The molecule has 2 rings (SSSR count). The van der Waals surface area contributed by atoms with Crippen molar-refractivity contribution in [1.82, 2.24) is 10.1 Å². The number of aromatic nitrogens is 2. The van der Waals surface area contributed by atoms with E-state index in [4.69, 9.17) is 4.52 Å². The van der Waals surface area contributed by atoms with Gasteiger partial charge in [0.25, 0.3) is 0 Å². The smallest absolute Gasteiger partial charge is 0.321 e. The Bertz CT molecular complexity index is 579. The van der Waals surface area contributed by atoms with Crippen LogP contribution < -0.4 is 5.32 Å². The second-order valence-corrected chi connectivity index (χ2v) is 6.60. The zero-order valence-corrected chi connectivity index (χ0v) is 13.7. The molecule has 5 nitrogen and oxygen atoms in total. The predicted octanol–water partition coefficient (Wildman–Crippen LogP) is 3.41. The molecule has 0 bridgehead atoms. The summed E-state index contributed by atoms with van der Waals surface area (Å²) in [6.07, 6.45) is 0. The van der Waals surface area contributed by atoms with E-state index < -0.39 is 0 Å². The monoisotopic (exact) mass is 303 g/mol. The van der Waals surface area contributed by atoms with E-state index in [1.165, 1.54) is 5.56 Å². The number of aliphatic hydroxyl groups excluding tert-OH is 1. The minimum Gasteiger partial charge on any atom is -0.396 e. The Balaban J connectivity index is 2.13. The van der Waals surface area contributed by atoms with Crippen LogP contribution in [0.3, 0.4) is 0 Å². The van der Waals surface area contributed by atoms with Gasteiger partial charge in [0.1, 0.15) is 0 Å². The third-order valence-corrected chi connectivity index (χ3v) is 3.97. The molecule has 120 valence electrons. The Morgan fingerprint density at radius 1 is 1.23 bits per heavy atom. The van der Waals surface area contributed by atoms with Crippen molar-refractivity contribution in [3.63, 3.8) is 0 Å². The van der Waals surface area contributed by atoms with Crippen LogP contribution in [0.5, 0.6) is 0 Å². The average Bonchev–Trinajstić information content (AvgIpc) is 2.97. The Morgan fingerprint density at radius 3 is 2.45 bits per heavy atom. The zero-order valence-electron chi connectivity index (χ0n) is 13.7. The second-order valence-electron chi connectivity index (χ2n) is 6.60. The van der Waals surface area contributed by atoms with Crippen molar-refractivity contribution >= 4 is 6.01 Å². The average molecular weight is 303 g/mol. The SMILES string of the molecule is CC(C)c1noc(NCC(c2ccccc2)C(C)(C)CO)n1. The number of benzene rings is 1. The molecule has 22 heavy (non-hydrogen) atoms. The first-order chi connectivity index (χ1) is 10.4. The van der Waals surface area contributed by atoms with Crippen LogP contribution in [0.2, 0.25) is 0 Å². The highest BCUT2D eigenvalue weighted by Gasteiger charge is 2.30. The largest absolute Gasteiger partial charge is 0.396 e. The van der Waals surface area contributed by atoms with Gasteiger partial charge in [-0.3, -0.25) is 0 Å². The number of anilines is 1. The van der Waals surface area contributed by atoms with E-state index in [9.17, 15) is 5.11 Å². The lowest BCUT2D eigenvalue weighted by atomic mass is 9.75. The van der Waals surface area contributed by atoms with Crippen LogP contribution in [-0.2, 0) is 0 Å². The molecule has 0 saturated heterocycles. The summed E-state index contributed by atoms with van der Waals surface area (Å²) < 4.78 is 5.22. The summed E-state index contributed by atoms with van der Waals surface area (Å²) in [5.74, 6) is 1.06. The van der Waals surface area contributed by atoms with Crippen LogP contribution in [0.15, 0.2) is 34.9 Å². The van der Waals surface area contributed by atoms with E-state index >= 15 is 0 Å². The van der Waals surface area contributed by atoms with Gasteiger partial charge in [-0.25, -0.2) is 0 Å². The van der Waals surface area contributed by atoms with Gasteiger partial charge < -0.3 is 14.9 Å². The van der Waals surface area contributed by atoms with Crippen LogP contribution in [0.4, 0.5) is 6.01 Å². The van der Waals surface area contributed by atoms with Crippen molar-refractivity contribution in [1.29, 1.82) is 0 Å². The molecule has 0 aliphatic rings. The molecule has 1 heterocycles. The van der Waals surface area contributed by atoms with Gasteiger partial charge in [-0.15, -0.1) is 0 Å². The number of nitrogens with one attached hydrogen (secondary N) is 1. The maximum absolute atomic E-state index is 9.72. The standard InChI is InChI=1S/C17H25N3O2/c1-12(2)15-19-16(22-20-15)18-10-14(17(3,4)11-21)13-8-6-5-7-9-13/h5-9,12,14,21H,10-11H2,1-4H3,(H,18,19,20). The zero-order chi connectivity index (χ0) is 16.2. The van der Waals surface area contributed by atoms with E-state index in [1.807, 2.05) is 32.0 Å². The van der Waals surface area contributed by atoms with Crippen LogP contribution >= 0.6 is 0 Å². The summed E-state index contributed by atoms with van der Waals surface area (Å²) in [7, 11) is 0. The number of rotatable bonds is 7. The second kappa shape index (κ2) is 6.92. The van der Waals surface area contributed by atoms with E-state index in [2.05, 4.69) is 41.4 Å². The van der Waals surface area contributed by atoms with E-state index in [1.54, 1.807) is 0 Å². The molecule has 0 aliphatic heterocycles. The molecular weight excluding hydrogens is 278 g/mol. The molecule has 0 aliphatic carbocycles. The molecule has 0 saturated carbocycles. The Kier molecular flexibility index (Phi) is 5.19. The van der Waals surface area contributed by atoms with Gasteiger partial charge in [0.2, 0.25) is 0 Å². The highest BCUT2D eigenvalue weighted by atomic mass is 16.5. The Labute approximate surface area is 131 Å². The van der Waals surface area contributed by atoms with E-state index in [0.717, 1.165) is 0 Å². The van der Waals surface area contributed by atoms with E-state index in [0.29, 0.717) is 18.4 Å². The normalized spacial score (nSPS) is 13.4. The first-order valence-corrected chi connectivity index (χ1v) is 7.67. The van der Waals surface area contributed by atoms with Crippen molar-refractivity contribution in [2.75, 3.05) is 18.5 Å². The van der Waals surface area contributed by atoms with Gasteiger partial charge in [-0.2, -0.15) is 4.98 Å². The summed E-state index contributed by atoms with van der Waals surface area (Å²) in [5, 5.41) is 16.9. The molecule has 2 N–H and O–H groups in total. The highest BCUT2D eigenvalue weighted by molar-refractivity contribution is 5.27. The number of hydrogen-bond donors (Lipinski definition) is 2. The lowest BCUT2D eigenvalue weighted by Gasteiger charge is -2.33. The molecule has 1 atom stereocenters. The van der Waals surface area contributed by atoms with Gasteiger partial charge in [-0.1, -0.05) is 63.2 Å². The molecule has 2 aromatic rings. The van der Waals surface area contributed by atoms with Crippen LogP contribution in [0.25, 0.3) is 0 Å². The fraction of sp³-hybridized carbons (Fsp3) is 0.529. The quantitative estimate of drug-likeness (QED) is 0.820. The summed E-state index contributed by atoms with van der Waals surface area (Å²) in [6.45, 7) is 8.89. The minimum absolute atomic E-state index is 0.106. The molecular formula is C17H25N3O2. The third kappa shape index (κ3) is 3.85. The van der Waals surface area contributed by atoms with E-state index in [-0.39, 0.29) is 23.9 Å². The third-order valence-electron chi connectivity index (χ3n) is 3.97. The molecule has 0 radical (unpaired) electrons. The topological polar surface area (TPSA) is 71.2 Å². The number of hydrogen-bond acceptors (Lipinski definition) is 5. The molecule has 0 fully saturated rings. The maximum Gasteiger partial charge on any atom is 0.321 e. The van der Waals surface area contributed by atoms with Crippen molar-refractivity contribution in [2.45, 2.75) is 39.5 Å². The van der Waals surface area contributed by atoms with Crippen LogP contribution in [-0.4, -0.2) is 28.4 Å². The van der Waals surface area contributed by atoms with Crippen molar-refractivity contribution in [3.8, 4) is 0 Å². The Morgan fingerprint density at radius 2 is 1.91 bits per heavy atom. The number of nitrogens with zero attached hydrogens (tertiary/aromatic N) is 2. The summed E-state index contributed by atoms with van der Waals surface area (Å²) in [6, 6.07) is 10.6. The van der Waals surface area contributed by atoms with Crippen molar-refractivity contribution < 1.29 is 9.63 Å². The predicted molar refractivity (Wildman–Crippen MR) is 86.9 cm³/mol.